The number of benzene rings is 1. The SMILES string of the molecule is CCOCCOC(=O)Cc1ccc(NCC2C=CCCC2)cc1. The van der Waals surface area contributed by atoms with Crippen LogP contribution >= 0.6 is 0 Å². The first-order valence-electron chi connectivity index (χ1n) is 8.50. The number of hydrogen-bond acceptors (Lipinski definition) is 4. The highest BCUT2D eigenvalue weighted by molar-refractivity contribution is 5.72. The Morgan fingerprint density at radius 1 is 1.26 bits per heavy atom. The molecule has 4 heteroatoms. The van der Waals surface area contributed by atoms with E-state index in [0.717, 1.165) is 17.8 Å². The molecule has 0 bridgehead atoms. The van der Waals surface area contributed by atoms with Gasteiger partial charge < -0.3 is 14.8 Å². The van der Waals surface area contributed by atoms with E-state index in [2.05, 4.69) is 17.5 Å². The van der Waals surface area contributed by atoms with Crippen molar-refractivity contribution in [2.45, 2.75) is 32.6 Å². The van der Waals surface area contributed by atoms with E-state index in [0.29, 0.717) is 32.2 Å². The largest absolute Gasteiger partial charge is 0.463 e. The fourth-order valence-electron chi connectivity index (χ4n) is 2.62. The molecule has 126 valence electrons. The van der Waals surface area contributed by atoms with Crippen LogP contribution in [0.3, 0.4) is 0 Å². The number of carbonyl (C=O) groups is 1. The van der Waals surface area contributed by atoms with Gasteiger partial charge in [-0.15, -0.1) is 0 Å². The lowest BCUT2D eigenvalue weighted by atomic mass is 9.96. The smallest absolute Gasteiger partial charge is 0.310 e. The highest BCUT2D eigenvalue weighted by Crippen LogP contribution is 2.18. The van der Waals surface area contributed by atoms with E-state index in [9.17, 15) is 4.79 Å². The van der Waals surface area contributed by atoms with Gasteiger partial charge >= 0.3 is 5.97 Å². The molecule has 4 nitrogen and oxygen atoms in total. The molecule has 0 spiro atoms. The summed E-state index contributed by atoms with van der Waals surface area (Å²) in [5.41, 5.74) is 2.06. The zero-order chi connectivity index (χ0) is 16.3. The summed E-state index contributed by atoms with van der Waals surface area (Å²) < 4.78 is 10.3. The highest BCUT2D eigenvalue weighted by atomic mass is 16.6. The fraction of sp³-hybridized carbons (Fsp3) is 0.526. The summed E-state index contributed by atoms with van der Waals surface area (Å²) in [7, 11) is 0. The Labute approximate surface area is 138 Å². The molecule has 0 heterocycles. The maximum absolute atomic E-state index is 11.7. The van der Waals surface area contributed by atoms with Crippen LogP contribution in [0.4, 0.5) is 5.69 Å². The molecule has 0 aromatic heterocycles. The zero-order valence-electron chi connectivity index (χ0n) is 13.9. The average Bonchev–Trinajstić information content (AvgIpc) is 2.59. The molecule has 0 saturated carbocycles. The molecule has 0 amide bonds. The van der Waals surface area contributed by atoms with E-state index in [-0.39, 0.29) is 5.97 Å². The molecule has 1 unspecified atom stereocenters. The van der Waals surface area contributed by atoms with Crippen molar-refractivity contribution in [2.24, 2.45) is 5.92 Å². The summed E-state index contributed by atoms with van der Waals surface area (Å²) in [6.45, 7) is 4.31. The molecule has 23 heavy (non-hydrogen) atoms. The van der Waals surface area contributed by atoms with Gasteiger partial charge in [0.1, 0.15) is 6.61 Å². The molecule has 0 aliphatic heterocycles. The maximum atomic E-state index is 11.7. The topological polar surface area (TPSA) is 47.6 Å². The number of esters is 1. The highest BCUT2D eigenvalue weighted by Gasteiger charge is 2.08. The number of allylic oxidation sites excluding steroid dienone is 1. The Morgan fingerprint density at radius 2 is 2.09 bits per heavy atom. The molecule has 0 saturated heterocycles. The van der Waals surface area contributed by atoms with Gasteiger partial charge in [0.25, 0.3) is 0 Å². The van der Waals surface area contributed by atoms with Crippen LogP contribution in [0.5, 0.6) is 0 Å². The van der Waals surface area contributed by atoms with Crippen molar-refractivity contribution in [1.82, 2.24) is 0 Å². The summed E-state index contributed by atoms with van der Waals surface area (Å²) in [5.74, 6) is 0.418. The Morgan fingerprint density at radius 3 is 2.78 bits per heavy atom. The minimum Gasteiger partial charge on any atom is -0.463 e. The second-order valence-corrected chi connectivity index (χ2v) is 5.79. The first-order valence-corrected chi connectivity index (χ1v) is 8.50. The minimum absolute atomic E-state index is 0.210. The van der Waals surface area contributed by atoms with E-state index >= 15 is 0 Å². The third kappa shape index (κ3) is 6.87. The van der Waals surface area contributed by atoms with E-state index in [1.165, 1.54) is 19.3 Å². The predicted octanol–water partition coefficient (Wildman–Crippen LogP) is 3.58. The van der Waals surface area contributed by atoms with Crippen LogP contribution < -0.4 is 5.32 Å². The van der Waals surface area contributed by atoms with Gasteiger partial charge in [-0.3, -0.25) is 4.79 Å². The number of rotatable bonds is 9. The lowest BCUT2D eigenvalue weighted by molar-refractivity contribution is -0.144. The lowest BCUT2D eigenvalue weighted by Gasteiger charge is -2.17. The molecule has 1 aromatic rings. The molecule has 1 aromatic carbocycles. The van der Waals surface area contributed by atoms with E-state index in [1.54, 1.807) is 0 Å². The number of hydrogen-bond donors (Lipinski definition) is 1. The summed E-state index contributed by atoms with van der Waals surface area (Å²) >= 11 is 0. The lowest BCUT2D eigenvalue weighted by Crippen LogP contribution is -2.14. The average molecular weight is 317 g/mol. The molecule has 1 atom stereocenters. The number of anilines is 1. The third-order valence-electron chi connectivity index (χ3n) is 3.92. The van der Waals surface area contributed by atoms with E-state index < -0.39 is 0 Å². The van der Waals surface area contributed by atoms with Crippen molar-refractivity contribution in [3.63, 3.8) is 0 Å². The van der Waals surface area contributed by atoms with Crippen LogP contribution in [-0.2, 0) is 20.7 Å². The van der Waals surface area contributed by atoms with Gasteiger partial charge in [0, 0.05) is 18.8 Å². The van der Waals surface area contributed by atoms with Gasteiger partial charge in [-0.2, -0.15) is 0 Å². The number of ether oxygens (including phenoxy) is 2. The summed E-state index contributed by atoms with van der Waals surface area (Å²) in [4.78, 5) is 11.7. The molecule has 1 aliphatic rings. The van der Waals surface area contributed by atoms with Gasteiger partial charge in [0.05, 0.1) is 13.0 Å². The molecule has 0 fully saturated rings. The van der Waals surface area contributed by atoms with Gasteiger partial charge in [-0.05, 0) is 49.8 Å². The number of nitrogens with one attached hydrogen (secondary N) is 1. The van der Waals surface area contributed by atoms with Gasteiger partial charge in [-0.1, -0.05) is 24.3 Å². The molecular formula is C19H27NO3. The van der Waals surface area contributed by atoms with E-state index in [1.807, 2.05) is 31.2 Å². The molecule has 0 radical (unpaired) electrons. The van der Waals surface area contributed by atoms with Crippen molar-refractivity contribution in [2.75, 3.05) is 31.7 Å². The van der Waals surface area contributed by atoms with E-state index in [4.69, 9.17) is 9.47 Å². The minimum atomic E-state index is -0.210. The van der Waals surface area contributed by atoms with Crippen LogP contribution in [0, 0.1) is 5.92 Å². The zero-order valence-corrected chi connectivity index (χ0v) is 13.9. The Balaban J connectivity index is 1.70. The molecular weight excluding hydrogens is 290 g/mol. The van der Waals surface area contributed by atoms with Gasteiger partial charge in [-0.25, -0.2) is 0 Å². The summed E-state index contributed by atoms with van der Waals surface area (Å²) in [6, 6.07) is 8.00. The van der Waals surface area contributed by atoms with Crippen LogP contribution in [0.2, 0.25) is 0 Å². The summed E-state index contributed by atoms with van der Waals surface area (Å²) in [6.07, 6.45) is 8.64. The first-order chi connectivity index (χ1) is 11.3. The Hall–Kier alpha value is -1.81. The van der Waals surface area contributed by atoms with Crippen LogP contribution in [0.25, 0.3) is 0 Å². The second kappa shape index (κ2) is 10.1. The first kappa shape index (κ1) is 17.5. The second-order valence-electron chi connectivity index (χ2n) is 5.79. The monoisotopic (exact) mass is 317 g/mol. The normalized spacial score (nSPS) is 17.0. The Bertz CT molecular complexity index is 496. The predicted molar refractivity (Wildman–Crippen MR) is 92.6 cm³/mol. The quantitative estimate of drug-likeness (QED) is 0.430. The van der Waals surface area contributed by atoms with Crippen molar-refractivity contribution < 1.29 is 14.3 Å². The third-order valence-corrected chi connectivity index (χ3v) is 3.92. The van der Waals surface area contributed by atoms with Crippen molar-refractivity contribution >= 4 is 11.7 Å². The Kier molecular flexibility index (Phi) is 7.67. The number of carbonyl (C=O) groups excluding carboxylic acids is 1. The van der Waals surface area contributed by atoms with Gasteiger partial charge in [0.15, 0.2) is 0 Å². The standard InChI is InChI=1S/C19H27NO3/c1-2-22-12-13-23-19(21)14-16-8-10-18(11-9-16)20-15-17-6-4-3-5-7-17/h4,6,8-11,17,20H,2-3,5,7,12-15H2,1H3. The van der Waals surface area contributed by atoms with Crippen LogP contribution in [0.15, 0.2) is 36.4 Å². The fourth-order valence-corrected chi connectivity index (χ4v) is 2.62. The van der Waals surface area contributed by atoms with Crippen molar-refractivity contribution in [3.05, 3.63) is 42.0 Å². The van der Waals surface area contributed by atoms with Crippen LogP contribution in [-0.4, -0.2) is 32.3 Å². The molecule has 2 rings (SSSR count). The summed E-state index contributed by atoms with van der Waals surface area (Å²) in [5, 5.41) is 3.46. The van der Waals surface area contributed by atoms with Crippen LogP contribution in [0.1, 0.15) is 31.7 Å². The molecule has 1 aliphatic carbocycles. The maximum Gasteiger partial charge on any atom is 0.310 e. The van der Waals surface area contributed by atoms with Gasteiger partial charge in [0.2, 0.25) is 0 Å². The van der Waals surface area contributed by atoms with Crippen molar-refractivity contribution in [1.29, 1.82) is 0 Å². The van der Waals surface area contributed by atoms with Crippen molar-refractivity contribution in [3.8, 4) is 0 Å². The molecule has 1 N–H and O–H groups in total.